The van der Waals surface area contributed by atoms with Gasteiger partial charge in [0.05, 0.1) is 17.2 Å². The van der Waals surface area contributed by atoms with E-state index in [1.165, 1.54) is 6.26 Å². The second-order valence-corrected chi connectivity index (χ2v) is 7.67. The standard InChI is InChI=1S/C17H14ClNO3S/c18-15-8-4-5-13(9-15)11-23(20,21)12-16-10-22-17(19-16)14-6-2-1-3-7-14/h1-10H,11-12H2. The van der Waals surface area contributed by atoms with Crippen LogP contribution in [0.5, 0.6) is 0 Å². The number of hydrogen-bond acceptors (Lipinski definition) is 4. The minimum Gasteiger partial charge on any atom is -0.444 e. The number of sulfone groups is 1. The molecule has 0 aliphatic rings. The first-order chi connectivity index (χ1) is 11.0. The molecule has 0 radical (unpaired) electrons. The van der Waals surface area contributed by atoms with Crippen LogP contribution < -0.4 is 0 Å². The highest BCUT2D eigenvalue weighted by Crippen LogP contribution is 2.20. The molecule has 4 nitrogen and oxygen atoms in total. The van der Waals surface area contributed by atoms with Crippen molar-refractivity contribution >= 4 is 21.4 Å². The monoisotopic (exact) mass is 347 g/mol. The maximum absolute atomic E-state index is 12.3. The maximum Gasteiger partial charge on any atom is 0.226 e. The van der Waals surface area contributed by atoms with Crippen LogP contribution in [-0.4, -0.2) is 13.4 Å². The van der Waals surface area contributed by atoms with E-state index < -0.39 is 9.84 Å². The van der Waals surface area contributed by atoms with Crippen molar-refractivity contribution in [1.82, 2.24) is 4.98 Å². The molecule has 0 atom stereocenters. The Hall–Kier alpha value is -2.11. The zero-order valence-corrected chi connectivity index (χ0v) is 13.7. The highest BCUT2D eigenvalue weighted by Gasteiger charge is 2.17. The summed E-state index contributed by atoms with van der Waals surface area (Å²) in [7, 11) is -3.35. The smallest absolute Gasteiger partial charge is 0.226 e. The molecule has 0 saturated carbocycles. The van der Waals surface area contributed by atoms with Gasteiger partial charge < -0.3 is 4.42 Å². The summed E-state index contributed by atoms with van der Waals surface area (Å²) >= 11 is 5.88. The minimum absolute atomic E-state index is 0.0823. The average molecular weight is 348 g/mol. The summed E-state index contributed by atoms with van der Waals surface area (Å²) in [5.41, 5.74) is 1.86. The molecule has 3 aromatic rings. The summed E-state index contributed by atoms with van der Waals surface area (Å²) < 4.78 is 30.0. The third-order valence-corrected chi connectivity index (χ3v) is 4.96. The fourth-order valence-corrected chi connectivity index (χ4v) is 3.83. The van der Waals surface area contributed by atoms with Gasteiger partial charge in [-0.1, -0.05) is 41.9 Å². The molecule has 1 heterocycles. The molecule has 23 heavy (non-hydrogen) atoms. The molecule has 0 N–H and O–H groups in total. The first-order valence-electron chi connectivity index (χ1n) is 6.96. The zero-order valence-electron chi connectivity index (χ0n) is 12.1. The van der Waals surface area contributed by atoms with Crippen LogP contribution >= 0.6 is 11.6 Å². The molecule has 1 aromatic heterocycles. The molecule has 0 spiro atoms. The van der Waals surface area contributed by atoms with E-state index in [-0.39, 0.29) is 11.5 Å². The van der Waals surface area contributed by atoms with Crippen LogP contribution in [0.15, 0.2) is 65.3 Å². The Bertz CT molecular complexity index is 904. The first kappa shape index (κ1) is 15.8. The number of rotatable bonds is 5. The van der Waals surface area contributed by atoms with Crippen molar-refractivity contribution in [3.05, 3.63) is 77.1 Å². The predicted octanol–water partition coefficient (Wildman–Crippen LogP) is 4.11. The first-order valence-corrected chi connectivity index (χ1v) is 9.16. The lowest BCUT2D eigenvalue weighted by Gasteiger charge is -2.03. The lowest BCUT2D eigenvalue weighted by molar-refractivity contribution is 0.571. The van der Waals surface area contributed by atoms with Crippen molar-refractivity contribution < 1.29 is 12.8 Å². The van der Waals surface area contributed by atoms with E-state index in [0.717, 1.165) is 5.56 Å². The van der Waals surface area contributed by atoms with Crippen molar-refractivity contribution in [1.29, 1.82) is 0 Å². The van der Waals surface area contributed by atoms with Crippen molar-refractivity contribution in [3.8, 4) is 11.5 Å². The van der Waals surface area contributed by atoms with E-state index in [4.69, 9.17) is 16.0 Å². The van der Waals surface area contributed by atoms with Crippen molar-refractivity contribution in [2.45, 2.75) is 11.5 Å². The highest BCUT2D eigenvalue weighted by molar-refractivity contribution is 7.89. The van der Waals surface area contributed by atoms with Gasteiger partial charge in [-0.15, -0.1) is 0 Å². The Balaban J connectivity index is 1.75. The van der Waals surface area contributed by atoms with Gasteiger partial charge in [-0.05, 0) is 29.8 Å². The second-order valence-electron chi connectivity index (χ2n) is 5.17. The third-order valence-electron chi connectivity index (χ3n) is 3.22. The topological polar surface area (TPSA) is 60.2 Å². The molecular formula is C17H14ClNO3S. The Labute approximate surface area is 139 Å². The quantitative estimate of drug-likeness (QED) is 0.696. The third kappa shape index (κ3) is 4.21. The van der Waals surface area contributed by atoms with E-state index in [1.54, 1.807) is 24.3 Å². The molecule has 0 fully saturated rings. The van der Waals surface area contributed by atoms with Crippen molar-refractivity contribution in [2.75, 3.05) is 0 Å². The lowest BCUT2D eigenvalue weighted by Crippen LogP contribution is -2.08. The number of nitrogens with zero attached hydrogens (tertiary/aromatic N) is 1. The molecule has 0 unspecified atom stereocenters. The van der Waals surface area contributed by atoms with Gasteiger partial charge in [0.1, 0.15) is 6.26 Å². The number of oxazole rings is 1. The van der Waals surface area contributed by atoms with Gasteiger partial charge in [0.15, 0.2) is 9.84 Å². The molecular weight excluding hydrogens is 334 g/mol. The van der Waals surface area contributed by atoms with Crippen LogP contribution in [0.3, 0.4) is 0 Å². The van der Waals surface area contributed by atoms with E-state index in [9.17, 15) is 8.42 Å². The molecule has 3 rings (SSSR count). The molecule has 6 heteroatoms. The van der Waals surface area contributed by atoms with Gasteiger partial charge in [-0.25, -0.2) is 13.4 Å². The van der Waals surface area contributed by atoms with E-state index in [2.05, 4.69) is 4.98 Å². The molecule has 0 saturated heterocycles. The molecule has 0 aliphatic heterocycles. The summed E-state index contributed by atoms with van der Waals surface area (Å²) in [6, 6.07) is 16.2. The van der Waals surface area contributed by atoms with Gasteiger partial charge in [0.25, 0.3) is 0 Å². The Kier molecular flexibility index (Phi) is 4.50. The van der Waals surface area contributed by atoms with E-state index in [0.29, 0.717) is 22.2 Å². The van der Waals surface area contributed by atoms with Crippen LogP contribution in [0.25, 0.3) is 11.5 Å². The normalized spacial score (nSPS) is 11.5. The zero-order chi connectivity index (χ0) is 16.3. The summed E-state index contributed by atoms with van der Waals surface area (Å²) in [5.74, 6) is 0.162. The fourth-order valence-electron chi connectivity index (χ4n) is 2.24. The van der Waals surface area contributed by atoms with Gasteiger partial charge in [0, 0.05) is 10.6 Å². The minimum atomic E-state index is -3.35. The highest BCUT2D eigenvalue weighted by atomic mass is 35.5. The lowest BCUT2D eigenvalue weighted by atomic mass is 10.2. The summed E-state index contributed by atoms with van der Waals surface area (Å²) in [4.78, 5) is 4.25. The summed E-state index contributed by atoms with van der Waals surface area (Å²) in [6.07, 6.45) is 1.39. The van der Waals surface area contributed by atoms with Gasteiger partial charge in [-0.3, -0.25) is 0 Å². The molecule has 0 bridgehead atoms. The average Bonchev–Trinajstić information content (AvgIpc) is 2.95. The number of benzene rings is 2. The van der Waals surface area contributed by atoms with Gasteiger partial charge >= 0.3 is 0 Å². The molecule has 2 aromatic carbocycles. The van der Waals surface area contributed by atoms with E-state index >= 15 is 0 Å². The number of hydrogen-bond donors (Lipinski definition) is 0. The summed E-state index contributed by atoms with van der Waals surface area (Å²) in [5, 5.41) is 0.519. The Morgan fingerprint density at radius 3 is 2.52 bits per heavy atom. The van der Waals surface area contributed by atoms with Crippen LogP contribution in [0.4, 0.5) is 0 Å². The molecule has 118 valence electrons. The SMILES string of the molecule is O=S(=O)(Cc1cccc(Cl)c1)Cc1coc(-c2ccccc2)n1. The van der Waals surface area contributed by atoms with Crippen LogP contribution in [0, 0.1) is 0 Å². The second kappa shape index (κ2) is 6.56. The summed E-state index contributed by atoms with van der Waals surface area (Å²) in [6.45, 7) is 0. The van der Waals surface area contributed by atoms with Crippen LogP contribution in [0.1, 0.15) is 11.3 Å². The predicted molar refractivity (Wildman–Crippen MR) is 89.7 cm³/mol. The number of aromatic nitrogens is 1. The largest absolute Gasteiger partial charge is 0.444 e. The van der Waals surface area contributed by atoms with Crippen LogP contribution in [-0.2, 0) is 21.3 Å². The van der Waals surface area contributed by atoms with Gasteiger partial charge in [-0.2, -0.15) is 0 Å². The Morgan fingerprint density at radius 1 is 1.00 bits per heavy atom. The van der Waals surface area contributed by atoms with Crippen molar-refractivity contribution in [3.63, 3.8) is 0 Å². The molecule has 0 aliphatic carbocycles. The van der Waals surface area contributed by atoms with Crippen LogP contribution in [0.2, 0.25) is 5.02 Å². The van der Waals surface area contributed by atoms with Gasteiger partial charge in [0.2, 0.25) is 5.89 Å². The molecule has 0 amide bonds. The number of halogens is 1. The van der Waals surface area contributed by atoms with E-state index in [1.807, 2.05) is 30.3 Å². The Morgan fingerprint density at radius 2 is 1.78 bits per heavy atom. The fraction of sp³-hybridized carbons (Fsp3) is 0.118. The van der Waals surface area contributed by atoms with Crippen molar-refractivity contribution in [2.24, 2.45) is 0 Å². The maximum atomic E-state index is 12.3.